The summed E-state index contributed by atoms with van der Waals surface area (Å²) in [7, 11) is 0. The van der Waals surface area contributed by atoms with Gasteiger partial charge in [-0.25, -0.2) is 0 Å². The quantitative estimate of drug-likeness (QED) is 0.288. The SMILES string of the molecule is CC(C)C.CCCCCCCCCCCCCCCCCC(=O)O. The van der Waals surface area contributed by atoms with Crippen molar-refractivity contribution in [3.8, 4) is 0 Å². The molecule has 0 aromatic rings. The molecule has 0 aliphatic heterocycles. The van der Waals surface area contributed by atoms with Crippen LogP contribution in [0.1, 0.15) is 130 Å². The predicted molar refractivity (Wildman–Crippen MR) is 108 cm³/mol. The van der Waals surface area contributed by atoms with E-state index in [0.717, 1.165) is 18.8 Å². The maximum absolute atomic E-state index is 10.3. The first-order valence-corrected chi connectivity index (χ1v) is 10.7. The van der Waals surface area contributed by atoms with Crippen LogP contribution in [0.3, 0.4) is 0 Å². The van der Waals surface area contributed by atoms with E-state index in [1.165, 1.54) is 83.5 Å². The summed E-state index contributed by atoms with van der Waals surface area (Å²) in [5.74, 6) is 0.180. The Morgan fingerprint density at radius 3 is 1.12 bits per heavy atom. The summed E-state index contributed by atoms with van der Waals surface area (Å²) in [6.07, 6.45) is 20.2. The summed E-state index contributed by atoms with van der Waals surface area (Å²) in [5, 5.41) is 8.52. The van der Waals surface area contributed by atoms with Crippen molar-refractivity contribution in [3.63, 3.8) is 0 Å². The molecule has 24 heavy (non-hydrogen) atoms. The maximum atomic E-state index is 10.3. The average Bonchev–Trinajstić information content (AvgIpc) is 2.50. The van der Waals surface area contributed by atoms with Crippen LogP contribution in [-0.4, -0.2) is 11.1 Å². The Bertz CT molecular complexity index is 233. The third kappa shape index (κ3) is 33.2. The maximum Gasteiger partial charge on any atom is 0.303 e. The van der Waals surface area contributed by atoms with E-state index in [9.17, 15) is 4.79 Å². The summed E-state index contributed by atoms with van der Waals surface area (Å²) in [5.41, 5.74) is 0. The molecule has 0 unspecified atom stereocenters. The van der Waals surface area contributed by atoms with Gasteiger partial charge in [-0.15, -0.1) is 0 Å². The Kier molecular flexibility index (Phi) is 24.1. The van der Waals surface area contributed by atoms with Gasteiger partial charge in [0.1, 0.15) is 0 Å². The summed E-state index contributed by atoms with van der Waals surface area (Å²) < 4.78 is 0. The molecule has 0 bridgehead atoms. The van der Waals surface area contributed by atoms with Crippen LogP contribution in [0, 0.1) is 5.92 Å². The van der Waals surface area contributed by atoms with Gasteiger partial charge in [-0.3, -0.25) is 4.79 Å². The highest BCUT2D eigenvalue weighted by atomic mass is 16.4. The lowest BCUT2D eigenvalue weighted by Crippen LogP contribution is -1.93. The van der Waals surface area contributed by atoms with Crippen LogP contribution in [0.15, 0.2) is 0 Å². The third-order valence-electron chi connectivity index (χ3n) is 3.99. The molecule has 0 aromatic carbocycles. The van der Waals surface area contributed by atoms with Crippen molar-refractivity contribution in [3.05, 3.63) is 0 Å². The zero-order valence-electron chi connectivity index (χ0n) is 17.2. The van der Waals surface area contributed by atoms with Crippen molar-refractivity contribution in [2.45, 2.75) is 130 Å². The first-order valence-electron chi connectivity index (χ1n) is 10.7. The summed E-state index contributed by atoms with van der Waals surface area (Å²) in [6, 6.07) is 0. The molecule has 2 nitrogen and oxygen atoms in total. The highest BCUT2D eigenvalue weighted by Gasteiger charge is 1.97. The number of aliphatic carboxylic acids is 1. The number of unbranched alkanes of at least 4 members (excludes halogenated alkanes) is 14. The number of carbonyl (C=O) groups is 1. The van der Waals surface area contributed by atoms with Crippen molar-refractivity contribution in [2.24, 2.45) is 5.92 Å². The first-order chi connectivity index (χ1) is 11.5. The smallest absolute Gasteiger partial charge is 0.303 e. The summed E-state index contributed by atoms with van der Waals surface area (Å²) in [4.78, 5) is 10.3. The Morgan fingerprint density at radius 2 is 0.875 bits per heavy atom. The molecule has 0 fully saturated rings. The van der Waals surface area contributed by atoms with Crippen LogP contribution in [0.2, 0.25) is 0 Å². The Labute approximate surface area is 152 Å². The van der Waals surface area contributed by atoms with Crippen LogP contribution >= 0.6 is 0 Å². The van der Waals surface area contributed by atoms with Gasteiger partial charge in [0.05, 0.1) is 0 Å². The Morgan fingerprint density at radius 1 is 0.625 bits per heavy atom. The average molecular weight is 343 g/mol. The van der Waals surface area contributed by atoms with Crippen LogP contribution in [0.25, 0.3) is 0 Å². The fourth-order valence-corrected chi connectivity index (χ4v) is 2.65. The second-order valence-electron chi connectivity index (χ2n) is 7.83. The largest absolute Gasteiger partial charge is 0.481 e. The van der Waals surface area contributed by atoms with Crippen molar-refractivity contribution in [2.75, 3.05) is 0 Å². The monoisotopic (exact) mass is 342 g/mol. The third-order valence-corrected chi connectivity index (χ3v) is 3.99. The molecule has 0 saturated heterocycles. The molecule has 0 aliphatic carbocycles. The van der Waals surface area contributed by atoms with Gasteiger partial charge in [0.15, 0.2) is 0 Å². The van der Waals surface area contributed by atoms with E-state index in [2.05, 4.69) is 27.7 Å². The minimum Gasteiger partial charge on any atom is -0.481 e. The minimum atomic E-state index is -0.653. The molecule has 2 heteroatoms. The molecule has 0 spiro atoms. The van der Waals surface area contributed by atoms with E-state index < -0.39 is 5.97 Å². The molecule has 0 radical (unpaired) electrons. The highest BCUT2D eigenvalue weighted by molar-refractivity contribution is 5.66. The number of hydrogen-bond acceptors (Lipinski definition) is 1. The van der Waals surface area contributed by atoms with Crippen LogP contribution in [0.5, 0.6) is 0 Å². The second-order valence-corrected chi connectivity index (χ2v) is 7.83. The standard InChI is InChI=1S/C18H36O2.C4H10/c1-2-3-4-5-6-7-8-9-10-11-12-13-14-15-16-17-18(19)20;1-4(2)3/h2-17H2,1H3,(H,19,20);4H,1-3H3. The van der Waals surface area contributed by atoms with E-state index >= 15 is 0 Å². The minimum absolute atomic E-state index is 0.345. The molecule has 0 aliphatic rings. The van der Waals surface area contributed by atoms with Gasteiger partial charge in [-0.05, 0) is 12.3 Å². The topological polar surface area (TPSA) is 37.3 Å². The van der Waals surface area contributed by atoms with E-state index in [1.807, 2.05) is 0 Å². The Balaban J connectivity index is 0. The fraction of sp³-hybridized carbons (Fsp3) is 0.955. The van der Waals surface area contributed by atoms with Crippen LogP contribution in [0.4, 0.5) is 0 Å². The van der Waals surface area contributed by atoms with Crippen molar-refractivity contribution >= 4 is 5.97 Å². The van der Waals surface area contributed by atoms with E-state index in [4.69, 9.17) is 5.11 Å². The summed E-state index contributed by atoms with van der Waals surface area (Å²) >= 11 is 0. The first kappa shape index (κ1) is 25.7. The lowest BCUT2D eigenvalue weighted by molar-refractivity contribution is -0.137. The van der Waals surface area contributed by atoms with Gasteiger partial charge < -0.3 is 5.11 Å². The zero-order chi connectivity index (χ0) is 18.5. The molecule has 0 atom stereocenters. The Hall–Kier alpha value is -0.530. The van der Waals surface area contributed by atoms with E-state index in [0.29, 0.717) is 6.42 Å². The lowest BCUT2D eigenvalue weighted by atomic mass is 10.0. The number of rotatable bonds is 16. The van der Waals surface area contributed by atoms with Crippen LogP contribution < -0.4 is 0 Å². The molecular formula is C22H46O2. The molecule has 0 aromatic heterocycles. The molecule has 0 saturated carbocycles. The van der Waals surface area contributed by atoms with Crippen molar-refractivity contribution in [1.29, 1.82) is 0 Å². The molecule has 0 amide bonds. The number of hydrogen-bond donors (Lipinski definition) is 1. The molecular weight excluding hydrogens is 296 g/mol. The van der Waals surface area contributed by atoms with Gasteiger partial charge in [0, 0.05) is 6.42 Å². The molecule has 0 heterocycles. The van der Waals surface area contributed by atoms with Crippen LogP contribution in [-0.2, 0) is 4.79 Å². The normalized spacial score (nSPS) is 10.5. The van der Waals surface area contributed by atoms with E-state index in [1.54, 1.807) is 0 Å². The zero-order valence-corrected chi connectivity index (χ0v) is 17.2. The second kappa shape index (κ2) is 22.5. The van der Waals surface area contributed by atoms with Gasteiger partial charge in [0.2, 0.25) is 0 Å². The van der Waals surface area contributed by atoms with Gasteiger partial charge in [-0.2, -0.15) is 0 Å². The highest BCUT2D eigenvalue weighted by Crippen LogP contribution is 2.13. The number of carboxylic acids is 1. The number of carboxylic acid groups (broad SMARTS) is 1. The lowest BCUT2D eigenvalue weighted by Gasteiger charge is -2.03. The molecule has 146 valence electrons. The summed E-state index contributed by atoms with van der Waals surface area (Å²) in [6.45, 7) is 8.77. The van der Waals surface area contributed by atoms with Crippen molar-refractivity contribution < 1.29 is 9.90 Å². The van der Waals surface area contributed by atoms with Crippen molar-refractivity contribution in [1.82, 2.24) is 0 Å². The predicted octanol–water partition coefficient (Wildman–Crippen LogP) is 7.99. The molecule has 0 rings (SSSR count). The molecule has 1 N–H and O–H groups in total. The van der Waals surface area contributed by atoms with Gasteiger partial charge in [-0.1, -0.05) is 118 Å². The van der Waals surface area contributed by atoms with E-state index in [-0.39, 0.29) is 0 Å². The van der Waals surface area contributed by atoms with Gasteiger partial charge >= 0.3 is 5.97 Å². The van der Waals surface area contributed by atoms with Gasteiger partial charge in [0.25, 0.3) is 0 Å². The fourth-order valence-electron chi connectivity index (χ4n) is 2.65.